The number of aromatic nitrogens is 2. The molecule has 0 spiro atoms. The lowest BCUT2D eigenvalue weighted by Gasteiger charge is -2.29. The molecular weight excluding hydrogens is 376 g/mol. The molecule has 2 aromatic carbocycles. The van der Waals surface area contributed by atoms with E-state index in [0.717, 1.165) is 22.5 Å². The monoisotopic (exact) mass is 400 g/mol. The zero-order chi connectivity index (χ0) is 20.9. The lowest BCUT2D eigenvalue weighted by atomic mass is 9.96. The van der Waals surface area contributed by atoms with Gasteiger partial charge in [-0.05, 0) is 31.1 Å². The molecule has 1 aromatic heterocycles. The maximum absolute atomic E-state index is 12.7. The number of amides is 2. The van der Waals surface area contributed by atoms with Crippen LogP contribution < -0.4 is 5.73 Å². The third kappa shape index (κ3) is 4.33. The van der Waals surface area contributed by atoms with Crippen molar-refractivity contribution in [2.24, 2.45) is 11.7 Å². The molecular formula is C24H24N4O2. The van der Waals surface area contributed by atoms with Gasteiger partial charge >= 0.3 is 0 Å². The Bertz CT molecular complexity index is 1050. The standard InChI is InChI=1S/C24H24N4O2/c25-24(30)19-13-15-27(16-14-19)22(29)12-11-20-17-28(21-9-5-2-6-10-21)26-23(20)18-7-3-1-4-8-18/h1-12,17,19H,13-16H2,(H2,25,30)/b12-11+. The number of rotatable bonds is 5. The van der Waals surface area contributed by atoms with Crippen molar-refractivity contribution in [2.75, 3.05) is 13.1 Å². The van der Waals surface area contributed by atoms with Crippen molar-refractivity contribution in [2.45, 2.75) is 12.8 Å². The van der Waals surface area contributed by atoms with Gasteiger partial charge in [0, 0.05) is 42.4 Å². The highest BCUT2D eigenvalue weighted by Gasteiger charge is 2.24. The lowest BCUT2D eigenvalue weighted by molar-refractivity contribution is -0.130. The van der Waals surface area contributed by atoms with Gasteiger partial charge in [-0.2, -0.15) is 5.10 Å². The number of primary amides is 1. The quantitative estimate of drug-likeness (QED) is 0.668. The van der Waals surface area contributed by atoms with E-state index in [4.69, 9.17) is 10.8 Å². The number of piperidine rings is 1. The predicted octanol–water partition coefficient (Wildman–Crippen LogP) is 3.28. The van der Waals surface area contributed by atoms with Gasteiger partial charge in [0.15, 0.2) is 0 Å². The maximum Gasteiger partial charge on any atom is 0.246 e. The van der Waals surface area contributed by atoms with Crippen LogP contribution in [-0.4, -0.2) is 39.6 Å². The first-order valence-electron chi connectivity index (χ1n) is 10.1. The Kier molecular flexibility index (Phi) is 5.75. The Morgan fingerprint density at radius 3 is 2.23 bits per heavy atom. The number of hydrogen-bond acceptors (Lipinski definition) is 3. The van der Waals surface area contributed by atoms with Crippen LogP contribution in [0.2, 0.25) is 0 Å². The van der Waals surface area contributed by atoms with Crippen LogP contribution in [0.25, 0.3) is 23.0 Å². The summed E-state index contributed by atoms with van der Waals surface area (Å²) in [6, 6.07) is 19.8. The van der Waals surface area contributed by atoms with Crippen LogP contribution in [0.4, 0.5) is 0 Å². The van der Waals surface area contributed by atoms with E-state index in [9.17, 15) is 9.59 Å². The van der Waals surface area contributed by atoms with E-state index in [1.54, 1.807) is 11.0 Å². The fraction of sp³-hybridized carbons (Fsp3) is 0.208. The molecule has 1 aliphatic rings. The van der Waals surface area contributed by atoms with Crippen molar-refractivity contribution in [1.82, 2.24) is 14.7 Å². The summed E-state index contributed by atoms with van der Waals surface area (Å²) in [5.41, 5.74) is 9.00. The van der Waals surface area contributed by atoms with E-state index in [1.807, 2.05) is 77.6 Å². The summed E-state index contributed by atoms with van der Waals surface area (Å²) >= 11 is 0. The topological polar surface area (TPSA) is 81.2 Å². The van der Waals surface area contributed by atoms with Gasteiger partial charge in [-0.3, -0.25) is 9.59 Å². The third-order valence-corrected chi connectivity index (χ3v) is 5.42. The second kappa shape index (κ2) is 8.78. The minimum Gasteiger partial charge on any atom is -0.369 e. The number of para-hydroxylation sites is 1. The van der Waals surface area contributed by atoms with Gasteiger partial charge in [-0.15, -0.1) is 0 Å². The molecule has 152 valence electrons. The van der Waals surface area contributed by atoms with Crippen LogP contribution in [0.15, 0.2) is 72.9 Å². The Morgan fingerprint density at radius 2 is 1.60 bits per heavy atom. The fourth-order valence-electron chi connectivity index (χ4n) is 3.69. The van der Waals surface area contributed by atoms with Gasteiger partial charge in [-0.1, -0.05) is 48.5 Å². The largest absolute Gasteiger partial charge is 0.369 e. The van der Waals surface area contributed by atoms with Crippen LogP contribution in [0.3, 0.4) is 0 Å². The molecule has 1 saturated heterocycles. The Morgan fingerprint density at radius 1 is 0.967 bits per heavy atom. The molecule has 0 saturated carbocycles. The minimum absolute atomic E-state index is 0.0654. The highest BCUT2D eigenvalue weighted by Crippen LogP contribution is 2.25. The Balaban J connectivity index is 1.58. The van der Waals surface area contributed by atoms with Gasteiger partial charge in [-0.25, -0.2) is 4.68 Å². The highest BCUT2D eigenvalue weighted by molar-refractivity contribution is 5.93. The summed E-state index contributed by atoms with van der Waals surface area (Å²) in [7, 11) is 0. The van der Waals surface area contributed by atoms with Gasteiger partial charge < -0.3 is 10.6 Å². The zero-order valence-electron chi connectivity index (χ0n) is 16.6. The highest BCUT2D eigenvalue weighted by atomic mass is 16.2. The summed E-state index contributed by atoms with van der Waals surface area (Å²) in [6.45, 7) is 1.09. The summed E-state index contributed by atoms with van der Waals surface area (Å²) in [4.78, 5) is 25.8. The molecule has 30 heavy (non-hydrogen) atoms. The first-order valence-corrected chi connectivity index (χ1v) is 10.1. The number of nitrogens with two attached hydrogens (primary N) is 1. The van der Waals surface area contributed by atoms with Crippen molar-refractivity contribution in [3.8, 4) is 16.9 Å². The van der Waals surface area contributed by atoms with Gasteiger partial charge in [0.1, 0.15) is 0 Å². The molecule has 0 radical (unpaired) electrons. The second-order valence-corrected chi connectivity index (χ2v) is 7.41. The van der Waals surface area contributed by atoms with Crippen LogP contribution in [0.1, 0.15) is 18.4 Å². The van der Waals surface area contributed by atoms with Gasteiger partial charge in [0.05, 0.1) is 11.4 Å². The van der Waals surface area contributed by atoms with Crippen molar-refractivity contribution in [3.63, 3.8) is 0 Å². The Hall–Kier alpha value is -3.67. The number of benzene rings is 2. The zero-order valence-corrected chi connectivity index (χ0v) is 16.6. The van der Waals surface area contributed by atoms with E-state index in [0.29, 0.717) is 25.9 Å². The normalized spacial score (nSPS) is 14.9. The number of likely N-dealkylation sites (tertiary alicyclic amines) is 1. The fourth-order valence-corrected chi connectivity index (χ4v) is 3.69. The molecule has 1 fully saturated rings. The summed E-state index contributed by atoms with van der Waals surface area (Å²) in [5, 5.41) is 4.76. The van der Waals surface area contributed by atoms with Gasteiger partial charge in [0.2, 0.25) is 11.8 Å². The lowest BCUT2D eigenvalue weighted by Crippen LogP contribution is -2.41. The average molecular weight is 400 g/mol. The summed E-state index contributed by atoms with van der Waals surface area (Å²) < 4.78 is 1.82. The van der Waals surface area contributed by atoms with Crippen LogP contribution in [0.5, 0.6) is 0 Å². The number of hydrogen-bond donors (Lipinski definition) is 1. The van der Waals surface area contributed by atoms with E-state index >= 15 is 0 Å². The van der Waals surface area contributed by atoms with Gasteiger partial charge in [0.25, 0.3) is 0 Å². The summed E-state index contributed by atoms with van der Waals surface area (Å²) in [6.07, 6.45) is 6.58. The Labute approximate surface area is 175 Å². The number of carbonyl (C=O) groups excluding carboxylic acids is 2. The smallest absolute Gasteiger partial charge is 0.246 e. The average Bonchev–Trinajstić information content (AvgIpc) is 3.23. The first-order chi connectivity index (χ1) is 14.6. The molecule has 1 aliphatic heterocycles. The number of carbonyl (C=O) groups is 2. The van der Waals surface area contributed by atoms with Crippen molar-refractivity contribution in [1.29, 1.82) is 0 Å². The van der Waals surface area contributed by atoms with E-state index in [-0.39, 0.29) is 17.7 Å². The molecule has 0 unspecified atom stereocenters. The molecule has 6 heteroatoms. The first kappa shape index (κ1) is 19.6. The number of nitrogens with zero attached hydrogens (tertiary/aromatic N) is 3. The SMILES string of the molecule is NC(=O)C1CCN(C(=O)/C=C/c2cn(-c3ccccc3)nc2-c2ccccc2)CC1. The van der Waals surface area contributed by atoms with Crippen LogP contribution in [0, 0.1) is 5.92 Å². The van der Waals surface area contributed by atoms with E-state index in [2.05, 4.69) is 0 Å². The molecule has 4 rings (SSSR count). The molecule has 0 aliphatic carbocycles. The predicted molar refractivity (Wildman–Crippen MR) is 117 cm³/mol. The summed E-state index contributed by atoms with van der Waals surface area (Å²) in [5.74, 6) is -0.477. The van der Waals surface area contributed by atoms with Crippen LogP contribution in [-0.2, 0) is 9.59 Å². The van der Waals surface area contributed by atoms with Crippen molar-refractivity contribution in [3.05, 3.63) is 78.5 Å². The van der Waals surface area contributed by atoms with E-state index in [1.165, 1.54) is 0 Å². The molecule has 0 bridgehead atoms. The second-order valence-electron chi connectivity index (χ2n) is 7.41. The van der Waals surface area contributed by atoms with Crippen molar-refractivity contribution < 1.29 is 9.59 Å². The van der Waals surface area contributed by atoms with E-state index < -0.39 is 0 Å². The maximum atomic E-state index is 12.7. The molecule has 0 atom stereocenters. The molecule has 3 aromatic rings. The molecule has 6 nitrogen and oxygen atoms in total. The van der Waals surface area contributed by atoms with Crippen molar-refractivity contribution >= 4 is 17.9 Å². The van der Waals surface area contributed by atoms with Crippen LogP contribution >= 0.6 is 0 Å². The minimum atomic E-state index is -0.279. The molecule has 2 heterocycles. The molecule has 2 N–H and O–H groups in total. The third-order valence-electron chi connectivity index (χ3n) is 5.42. The molecule has 2 amide bonds.